The van der Waals surface area contributed by atoms with E-state index >= 15 is 0 Å². The molecule has 1 heteroatoms. The third-order valence-electron chi connectivity index (χ3n) is 3.44. The van der Waals surface area contributed by atoms with E-state index in [1.807, 2.05) is 0 Å². The molecular weight excluding hydrogens is 158 g/mol. The number of nitrogens with one attached hydrogen (secondary N) is 1. The van der Waals surface area contributed by atoms with Gasteiger partial charge in [0, 0.05) is 6.54 Å². The van der Waals surface area contributed by atoms with Gasteiger partial charge in [-0.3, -0.25) is 0 Å². The van der Waals surface area contributed by atoms with Crippen LogP contribution in [0.5, 0.6) is 0 Å². The average molecular weight is 183 g/mol. The molecule has 1 fully saturated rings. The Morgan fingerprint density at radius 3 is 2.31 bits per heavy atom. The smallest absolute Gasteiger partial charge is 0.000769 e. The van der Waals surface area contributed by atoms with Crippen molar-refractivity contribution in [1.82, 2.24) is 5.32 Å². The first-order valence-corrected chi connectivity index (χ1v) is 6.04. The molecule has 1 nitrogen and oxygen atoms in total. The Hall–Kier alpha value is -0.0400. The second-order valence-electron chi connectivity index (χ2n) is 4.59. The first-order chi connectivity index (χ1) is 6.33. The minimum Gasteiger partial charge on any atom is -0.316 e. The van der Waals surface area contributed by atoms with Gasteiger partial charge in [0.15, 0.2) is 0 Å². The zero-order chi connectivity index (χ0) is 9.57. The zero-order valence-corrected chi connectivity index (χ0v) is 9.36. The van der Waals surface area contributed by atoms with Crippen LogP contribution in [0.4, 0.5) is 0 Å². The van der Waals surface area contributed by atoms with Crippen LogP contribution in [0.3, 0.4) is 0 Å². The van der Waals surface area contributed by atoms with E-state index in [9.17, 15) is 0 Å². The van der Waals surface area contributed by atoms with Gasteiger partial charge in [-0.1, -0.05) is 39.5 Å². The molecule has 0 atom stereocenters. The van der Waals surface area contributed by atoms with E-state index in [-0.39, 0.29) is 0 Å². The Balaban J connectivity index is 2.40. The molecule has 1 aliphatic rings. The Labute approximate surface area is 83.3 Å². The van der Waals surface area contributed by atoms with Gasteiger partial charge in [-0.05, 0) is 31.2 Å². The van der Waals surface area contributed by atoms with Gasteiger partial charge in [0.05, 0.1) is 0 Å². The molecule has 0 aromatic heterocycles. The Morgan fingerprint density at radius 1 is 1.08 bits per heavy atom. The first-order valence-electron chi connectivity index (χ1n) is 6.04. The van der Waals surface area contributed by atoms with Crippen molar-refractivity contribution >= 4 is 0 Å². The summed E-state index contributed by atoms with van der Waals surface area (Å²) >= 11 is 0. The van der Waals surface area contributed by atoms with E-state index in [0.29, 0.717) is 5.41 Å². The van der Waals surface area contributed by atoms with E-state index in [4.69, 9.17) is 0 Å². The lowest BCUT2D eigenvalue weighted by Crippen LogP contribution is -2.36. The molecule has 78 valence electrons. The Kier molecular flexibility index (Phi) is 4.79. The molecule has 0 heterocycles. The quantitative estimate of drug-likeness (QED) is 0.689. The van der Waals surface area contributed by atoms with Crippen molar-refractivity contribution < 1.29 is 0 Å². The van der Waals surface area contributed by atoms with Crippen molar-refractivity contribution in [2.75, 3.05) is 13.1 Å². The summed E-state index contributed by atoms with van der Waals surface area (Å²) in [4.78, 5) is 0. The van der Waals surface area contributed by atoms with Gasteiger partial charge in [0.2, 0.25) is 0 Å². The molecule has 0 aromatic rings. The SMILES string of the molecule is CCCC1(CNCC)CCCCC1. The predicted molar refractivity (Wildman–Crippen MR) is 59.0 cm³/mol. The van der Waals surface area contributed by atoms with Crippen LogP contribution in [-0.2, 0) is 0 Å². The van der Waals surface area contributed by atoms with Crippen LogP contribution in [0.25, 0.3) is 0 Å². The van der Waals surface area contributed by atoms with Crippen molar-refractivity contribution in [3.05, 3.63) is 0 Å². The summed E-state index contributed by atoms with van der Waals surface area (Å²) in [5.74, 6) is 0. The van der Waals surface area contributed by atoms with Crippen molar-refractivity contribution in [3.8, 4) is 0 Å². The highest BCUT2D eigenvalue weighted by atomic mass is 14.9. The lowest BCUT2D eigenvalue weighted by atomic mass is 9.71. The summed E-state index contributed by atoms with van der Waals surface area (Å²) < 4.78 is 0. The van der Waals surface area contributed by atoms with Gasteiger partial charge in [0.1, 0.15) is 0 Å². The number of rotatable bonds is 5. The fourth-order valence-corrected chi connectivity index (χ4v) is 2.74. The molecule has 1 aliphatic carbocycles. The Morgan fingerprint density at radius 2 is 1.77 bits per heavy atom. The van der Waals surface area contributed by atoms with Crippen molar-refractivity contribution in [1.29, 1.82) is 0 Å². The molecule has 0 spiro atoms. The van der Waals surface area contributed by atoms with Gasteiger partial charge in [-0.2, -0.15) is 0 Å². The van der Waals surface area contributed by atoms with E-state index in [0.717, 1.165) is 6.54 Å². The van der Waals surface area contributed by atoms with Crippen LogP contribution < -0.4 is 5.32 Å². The summed E-state index contributed by atoms with van der Waals surface area (Å²) in [6.07, 6.45) is 10.1. The van der Waals surface area contributed by atoms with Crippen LogP contribution in [-0.4, -0.2) is 13.1 Å². The second kappa shape index (κ2) is 5.64. The number of hydrogen-bond donors (Lipinski definition) is 1. The minimum atomic E-state index is 0.670. The maximum atomic E-state index is 3.54. The van der Waals surface area contributed by atoms with Crippen LogP contribution in [0, 0.1) is 5.41 Å². The number of hydrogen-bond acceptors (Lipinski definition) is 1. The van der Waals surface area contributed by atoms with E-state index in [1.54, 1.807) is 0 Å². The third-order valence-corrected chi connectivity index (χ3v) is 3.44. The highest BCUT2D eigenvalue weighted by Crippen LogP contribution is 2.39. The molecule has 0 bridgehead atoms. The van der Waals surface area contributed by atoms with Gasteiger partial charge in [-0.25, -0.2) is 0 Å². The normalized spacial score (nSPS) is 21.7. The predicted octanol–water partition coefficient (Wildman–Crippen LogP) is 3.35. The van der Waals surface area contributed by atoms with Crippen LogP contribution in [0.15, 0.2) is 0 Å². The topological polar surface area (TPSA) is 12.0 Å². The fraction of sp³-hybridized carbons (Fsp3) is 1.00. The highest BCUT2D eigenvalue weighted by Gasteiger charge is 2.30. The van der Waals surface area contributed by atoms with E-state index in [2.05, 4.69) is 19.2 Å². The molecule has 0 amide bonds. The van der Waals surface area contributed by atoms with Gasteiger partial charge in [-0.15, -0.1) is 0 Å². The molecule has 0 aliphatic heterocycles. The largest absolute Gasteiger partial charge is 0.316 e. The summed E-state index contributed by atoms with van der Waals surface area (Å²) in [5.41, 5.74) is 0.670. The summed E-state index contributed by atoms with van der Waals surface area (Å²) in [5, 5.41) is 3.54. The minimum absolute atomic E-state index is 0.670. The van der Waals surface area contributed by atoms with Crippen LogP contribution >= 0.6 is 0 Å². The van der Waals surface area contributed by atoms with Crippen molar-refractivity contribution in [2.45, 2.75) is 58.8 Å². The lowest BCUT2D eigenvalue weighted by molar-refractivity contribution is 0.166. The van der Waals surface area contributed by atoms with Crippen LogP contribution in [0.2, 0.25) is 0 Å². The summed E-state index contributed by atoms with van der Waals surface area (Å²) in [6.45, 7) is 6.92. The van der Waals surface area contributed by atoms with E-state index in [1.165, 1.54) is 51.5 Å². The monoisotopic (exact) mass is 183 g/mol. The average Bonchev–Trinajstić information content (AvgIpc) is 2.17. The molecular formula is C12H25N. The third kappa shape index (κ3) is 3.30. The molecule has 13 heavy (non-hydrogen) atoms. The van der Waals surface area contributed by atoms with Crippen LogP contribution in [0.1, 0.15) is 58.8 Å². The van der Waals surface area contributed by atoms with Crippen molar-refractivity contribution in [3.63, 3.8) is 0 Å². The van der Waals surface area contributed by atoms with Gasteiger partial charge >= 0.3 is 0 Å². The maximum Gasteiger partial charge on any atom is 0.000769 e. The summed E-state index contributed by atoms with van der Waals surface area (Å²) in [7, 11) is 0. The fourth-order valence-electron chi connectivity index (χ4n) is 2.74. The molecule has 0 radical (unpaired) electrons. The molecule has 0 unspecified atom stereocenters. The maximum absolute atomic E-state index is 3.54. The molecule has 1 N–H and O–H groups in total. The second-order valence-corrected chi connectivity index (χ2v) is 4.59. The molecule has 0 saturated heterocycles. The standard InChI is InChI=1S/C12H25N/c1-3-8-12(11-13-4-2)9-6-5-7-10-12/h13H,3-11H2,1-2H3. The van der Waals surface area contributed by atoms with Gasteiger partial charge in [0.25, 0.3) is 0 Å². The zero-order valence-electron chi connectivity index (χ0n) is 9.36. The van der Waals surface area contributed by atoms with Crippen molar-refractivity contribution in [2.24, 2.45) is 5.41 Å². The lowest BCUT2D eigenvalue weighted by Gasteiger charge is -2.37. The molecule has 1 saturated carbocycles. The first kappa shape index (κ1) is 11.0. The summed E-state index contributed by atoms with van der Waals surface area (Å²) in [6, 6.07) is 0. The molecule has 1 rings (SSSR count). The van der Waals surface area contributed by atoms with E-state index < -0.39 is 0 Å². The van der Waals surface area contributed by atoms with Gasteiger partial charge < -0.3 is 5.32 Å². The Bertz CT molecular complexity index is 120. The highest BCUT2D eigenvalue weighted by molar-refractivity contribution is 4.84. The molecule has 0 aromatic carbocycles.